The van der Waals surface area contributed by atoms with Crippen molar-refractivity contribution in [2.75, 3.05) is 0 Å². The molecule has 19 heavy (non-hydrogen) atoms. The monoisotopic (exact) mass is 324 g/mol. The molecule has 0 amide bonds. The fourth-order valence-electron chi connectivity index (χ4n) is 1.64. The van der Waals surface area contributed by atoms with E-state index >= 15 is 0 Å². The van der Waals surface area contributed by atoms with Gasteiger partial charge in [0.25, 0.3) is 6.43 Å². The number of benzene rings is 2. The summed E-state index contributed by atoms with van der Waals surface area (Å²) in [6.45, 7) is 0. The van der Waals surface area contributed by atoms with Gasteiger partial charge in [0.1, 0.15) is 5.82 Å². The summed E-state index contributed by atoms with van der Waals surface area (Å²) in [4.78, 5) is 0. The zero-order chi connectivity index (χ0) is 14.2. The molecule has 0 nitrogen and oxygen atoms in total. The predicted octanol–water partition coefficient (Wildman–Crippen LogP) is 6.39. The Labute approximate surface area is 122 Å². The number of rotatable bonds is 2. The number of alkyl halides is 2. The van der Waals surface area contributed by atoms with E-state index in [-0.39, 0.29) is 26.2 Å². The molecular weight excluding hydrogens is 319 g/mol. The standard InChI is InChI=1S/C13H6Cl3F3/c14-8-3-4-9(15)12(16)11(8)7-2-1-6(13(18)19)5-10(7)17/h1-5,13H. The third-order valence-electron chi connectivity index (χ3n) is 2.56. The molecule has 2 aromatic carbocycles. The lowest BCUT2D eigenvalue weighted by Gasteiger charge is -2.11. The predicted molar refractivity (Wildman–Crippen MR) is 71.8 cm³/mol. The molecule has 0 aromatic heterocycles. The second-order valence-corrected chi connectivity index (χ2v) is 4.95. The molecule has 2 rings (SSSR count). The molecule has 0 spiro atoms. The van der Waals surface area contributed by atoms with Crippen molar-refractivity contribution in [3.8, 4) is 11.1 Å². The van der Waals surface area contributed by atoms with Crippen LogP contribution in [-0.2, 0) is 0 Å². The molecule has 0 aliphatic rings. The second-order valence-electron chi connectivity index (χ2n) is 3.76. The van der Waals surface area contributed by atoms with Crippen LogP contribution in [0.15, 0.2) is 30.3 Å². The summed E-state index contributed by atoms with van der Waals surface area (Å²) in [5.41, 5.74) is -0.188. The van der Waals surface area contributed by atoms with E-state index < -0.39 is 17.8 Å². The van der Waals surface area contributed by atoms with Gasteiger partial charge in [-0.15, -0.1) is 0 Å². The Morgan fingerprint density at radius 3 is 2.11 bits per heavy atom. The molecule has 0 fully saturated rings. The van der Waals surface area contributed by atoms with Gasteiger partial charge in [-0.25, -0.2) is 13.2 Å². The first-order chi connectivity index (χ1) is 8.91. The number of hydrogen-bond acceptors (Lipinski definition) is 0. The highest BCUT2D eigenvalue weighted by atomic mass is 35.5. The lowest BCUT2D eigenvalue weighted by Crippen LogP contribution is -1.91. The topological polar surface area (TPSA) is 0 Å². The van der Waals surface area contributed by atoms with E-state index in [2.05, 4.69) is 0 Å². The maximum absolute atomic E-state index is 13.9. The minimum atomic E-state index is -2.74. The van der Waals surface area contributed by atoms with Crippen molar-refractivity contribution in [2.45, 2.75) is 6.43 Å². The highest BCUT2D eigenvalue weighted by Crippen LogP contribution is 2.40. The molecule has 2 aromatic rings. The van der Waals surface area contributed by atoms with Crippen LogP contribution in [0.1, 0.15) is 12.0 Å². The van der Waals surface area contributed by atoms with E-state index in [1.54, 1.807) is 0 Å². The quantitative estimate of drug-likeness (QED) is 0.561. The Kier molecular flexibility index (Phi) is 4.29. The smallest absolute Gasteiger partial charge is 0.206 e. The van der Waals surface area contributed by atoms with Crippen molar-refractivity contribution < 1.29 is 13.2 Å². The third kappa shape index (κ3) is 2.83. The molecule has 6 heteroatoms. The van der Waals surface area contributed by atoms with Crippen LogP contribution in [0.4, 0.5) is 13.2 Å². The molecule has 0 N–H and O–H groups in total. The van der Waals surface area contributed by atoms with E-state index in [4.69, 9.17) is 34.8 Å². The Balaban J connectivity index is 2.63. The summed E-state index contributed by atoms with van der Waals surface area (Å²) < 4.78 is 38.8. The normalized spacial score (nSPS) is 11.1. The lowest BCUT2D eigenvalue weighted by atomic mass is 10.0. The first-order valence-electron chi connectivity index (χ1n) is 5.13. The average Bonchev–Trinajstić information content (AvgIpc) is 2.36. The molecule has 100 valence electrons. The van der Waals surface area contributed by atoms with E-state index in [1.165, 1.54) is 18.2 Å². The van der Waals surface area contributed by atoms with Crippen LogP contribution >= 0.6 is 34.8 Å². The van der Waals surface area contributed by atoms with Crippen LogP contribution in [0.2, 0.25) is 15.1 Å². The number of hydrogen-bond donors (Lipinski definition) is 0. The van der Waals surface area contributed by atoms with Crippen LogP contribution in [0.25, 0.3) is 11.1 Å². The van der Waals surface area contributed by atoms with Crippen molar-refractivity contribution in [3.63, 3.8) is 0 Å². The summed E-state index contributed by atoms with van der Waals surface area (Å²) in [5.74, 6) is -0.830. The first-order valence-corrected chi connectivity index (χ1v) is 6.26. The summed E-state index contributed by atoms with van der Waals surface area (Å²) >= 11 is 17.8. The van der Waals surface area contributed by atoms with E-state index in [1.807, 2.05) is 0 Å². The van der Waals surface area contributed by atoms with Crippen LogP contribution in [0.3, 0.4) is 0 Å². The molecular formula is C13H6Cl3F3. The van der Waals surface area contributed by atoms with Crippen LogP contribution in [-0.4, -0.2) is 0 Å². The maximum atomic E-state index is 13.9. The van der Waals surface area contributed by atoms with E-state index in [0.717, 1.165) is 12.1 Å². The molecule has 0 bridgehead atoms. The minimum Gasteiger partial charge on any atom is -0.206 e. The fraction of sp³-hybridized carbons (Fsp3) is 0.0769. The van der Waals surface area contributed by atoms with Crippen LogP contribution < -0.4 is 0 Å². The van der Waals surface area contributed by atoms with Crippen molar-refractivity contribution in [2.24, 2.45) is 0 Å². The summed E-state index contributed by atoms with van der Waals surface area (Å²) in [7, 11) is 0. The van der Waals surface area contributed by atoms with E-state index in [9.17, 15) is 13.2 Å². The SMILES string of the molecule is Fc1cc(C(F)F)ccc1-c1c(Cl)ccc(Cl)c1Cl. The molecule has 0 atom stereocenters. The number of halogens is 6. The zero-order valence-electron chi connectivity index (χ0n) is 9.23. The van der Waals surface area contributed by atoms with Gasteiger partial charge in [-0.05, 0) is 18.2 Å². The lowest BCUT2D eigenvalue weighted by molar-refractivity contribution is 0.151. The highest BCUT2D eigenvalue weighted by molar-refractivity contribution is 6.46. The molecule has 0 aliphatic carbocycles. The summed E-state index contributed by atoms with van der Waals surface area (Å²) in [6, 6.07) is 6.02. The molecule has 0 saturated carbocycles. The first kappa shape index (κ1) is 14.5. The summed E-state index contributed by atoms with van der Waals surface area (Å²) in [6.07, 6.45) is -2.74. The van der Waals surface area contributed by atoms with Crippen LogP contribution in [0.5, 0.6) is 0 Å². The molecule has 0 aliphatic heterocycles. The molecule has 0 unspecified atom stereocenters. The average molecular weight is 326 g/mol. The Hall–Kier alpha value is -0.900. The Morgan fingerprint density at radius 1 is 0.895 bits per heavy atom. The molecule has 0 radical (unpaired) electrons. The molecule has 0 heterocycles. The van der Waals surface area contributed by atoms with Crippen molar-refractivity contribution >= 4 is 34.8 Å². The van der Waals surface area contributed by atoms with Gasteiger partial charge in [0.15, 0.2) is 0 Å². The maximum Gasteiger partial charge on any atom is 0.263 e. The van der Waals surface area contributed by atoms with Crippen LogP contribution in [0, 0.1) is 5.82 Å². The van der Waals surface area contributed by atoms with Gasteiger partial charge in [-0.2, -0.15) is 0 Å². The minimum absolute atomic E-state index is 0.0295. The zero-order valence-corrected chi connectivity index (χ0v) is 11.5. The third-order valence-corrected chi connectivity index (χ3v) is 3.68. The fourth-order valence-corrected chi connectivity index (χ4v) is 2.38. The Bertz CT molecular complexity index is 627. The Morgan fingerprint density at radius 2 is 1.53 bits per heavy atom. The van der Waals surface area contributed by atoms with Gasteiger partial charge in [0.05, 0.1) is 15.1 Å². The van der Waals surface area contributed by atoms with Gasteiger partial charge in [-0.1, -0.05) is 46.9 Å². The van der Waals surface area contributed by atoms with Crippen molar-refractivity contribution in [1.29, 1.82) is 0 Å². The second kappa shape index (κ2) is 5.61. The van der Waals surface area contributed by atoms with E-state index in [0.29, 0.717) is 0 Å². The largest absolute Gasteiger partial charge is 0.263 e. The van der Waals surface area contributed by atoms with Gasteiger partial charge < -0.3 is 0 Å². The summed E-state index contributed by atoms with van der Waals surface area (Å²) in [5, 5.41) is 0.481. The van der Waals surface area contributed by atoms with Gasteiger partial charge >= 0.3 is 0 Å². The van der Waals surface area contributed by atoms with Crippen molar-refractivity contribution in [3.05, 3.63) is 56.8 Å². The van der Waals surface area contributed by atoms with Gasteiger partial charge in [0.2, 0.25) is 0 Å². The highest BCUT2D eigenvalue weighted by Gasteiger charge is 2.17. The van der Waals surface area contributed by atoms with Crippen molar-refractivity contribution in [1.82, 2.24) is 0 Å². The molecule has 0 saturated heterocycles. The van der Waals surface area contributed by atoms with Gasteiger partial charge in [0, 0.05) is 16.7 Å². The van der Waals surface area contributed by atoms with Gasteiger partial charge in [-0.3, -0.25) is 0 Å².